The molecule has 1 N–H and O–H groups in total. The molecule has 1 aromatic heterocycles. The summed E-state index contributed by atoms with van der Waals surface area (Å²) in [6, 6.07) is 15.5. The van der Waals surface area contributed by atoms with Crippen LogP contribution in [0.1, 0.15) is 21.6 Å². The van der Waals surface area contributed by atoms with Crippen molar-refractivity contribution in [3.05, 3.63) is 77.6 Å². The molecule has 26 heavy (non-hydrogen) atoms. The van der Waals surface area contributed by atoms with Crippen LogP contribution >= 0.6 is 0 Å². The van der Waals surface area contributed by atoms with Crippen LogP contribution in [0.25, 0.3) is 5.69 Å². The van der Waals surface area contributed by atoms with Gasteiger partial charge in [-0.05, 0) is 30.3 Å². The summed E-state index contributed by atoms with van der Waals surface area (Å²) >= 11 is 0. The van der Waals surface area contributed by atoms with E-state index in [0.717, 1.165) is 6.20 Å². The Bertz CT molecular complexity index is 988. The van der Waals surface area contributed by atoms with Gasteiger partial charge < -0.3 is 5.32 Å². The number of aromatic nitrogens is 2. The second kappa shape index (κ2) is 6.72. The fraction of sp³-hybridized carbons (Fsp3) is 0.0556. The summed E-state index contributed by atoms with van der Waals surface area (Å²) in [7, 11) is 0. The van der Waals surface area contributed by atoms with Crippen molar-refractivity contribution >= 4 is 11.6 Å². The number of nitrogens with zero attached hydrogens (tertiary/aromatic N) is 3. The maximum absolute atomic E-state index is 13.6. The fourth-order valence-electron chi connectivity index (χ4n) is 2.42. The van der Waals surface area contributed by atoms with Gasteiger partial charge in [0.25, 0.3) is 5.91 Å². The molecule has 0 atom stereocenters. The van der Waals surface area contributed by atoms with E-state index in [9.17, 15) is 18.0 Å². The number of carbonyl (C=O) groups is 1. The average molecular weight is 356 g/mol. The SMILES string of the molecule is N#Cc1cccc(NC(=O)c2cnn(-c3ccccc3)c2C(F)(F)F)c1. The Morgan fingerprint density at radius 2 is 1.85 bits per heavy atom. The molecule has 0 saturated heterocycles. The van der Waals surface area contributed by atoms with Crippen molar-refractivity contribution < 1.29 is 18.0 Å². The van der Waals surface area contributed by atoms with E-state index in [-0.39, 0.29) is 16.9 Å². The molecule has 0 unspecified atom stereocenters. The predicted molar refractivity (Wildman–Crippen MR) is 87.7 cm³/mol. The largest absolute Gasteiger partial charge is 0.434 e. The molecule has 130 valence electrons. The number of alkyl halides is 3. The number of para-hydroxylation sites is 1. The number of hydrogen-bond acceptors (Lipinski definition) is 3. The van der Waals surface area contributed by atoms with Gasteiger partial charge in [-0.2, -0.15) is 23.5 Å². The van der Waals surface area contributed by atoms with Gasteiger partial charge in [0.15, 0.2) is 5.69 Å². The predicted octanol–water partition coefficient (Wildman–Crippen LogP) is 4.02. The lowest BCUT2D eigenvalue weighted by Crippen LogP contribution is -2.20. The molecule has 5 nitrogen and oxygen atoms in total. The Morgan fingerprint density at radius 3 is 2.50 bits per heavy atom. The van der Waals surface area contributed by atoms with Gasteiger partial charge in [-0.3, -0.25) is 4.79 Å². The van der Waals surface area contributed by atoms with Crippen LogP contribution in [0.15, 0.2) is 60.8 Å². The molecule has 8 heteroatoms. The third kappa shape index (κ3) is 3.42. The van der Waals surface area contributed by atoms with Crippen molar-refractivity contribution in [1.29, 1.82) is 5.26 Å². The van der Waals surface area contributed by atoms with Crippen molar-refractivity contribution in [2.75, 3.05) is 5.32 Å². The Hall–Kier alpha value is -3.60. The minimum absolute atomic E-state index is 0.186. The Morgan fingerprint density at radius 1 is 1.12 bits per heavy atom. The van der Waals surface area contributed by atoms with Gasteiger partial charge in [0.2, 0.25) is 0 Å². The normalized spacial score (nSPS) is 11.0. The van der Waals surface area contributed by atoms with Crippen molar-refractivity contribution in [2.24, 2.45) is 0 Å². The molecular formula is C18H11F3N4O. The molecule has 0 spiro atoms. The summed E-state index contributed by atoms with van der Waals surface area (Å²) < 4.78 is 41.4. The summed E-state index contributed by atoms with van der Waals surface area (Å²) in [6.07, 6.45) is -3.91. The minimum Gasteiger partial charge on any atom is -0.322 e. The van der Waals surface area contributed by atoms with Crippen molar-refractivity contribution in [3.8, 4) is 11.8 Å². The number of nitriles is 1. The first-order valence-electron chi connectivity index (χ1n) is 7.42. The van der Waals surface area contributed by atoms with Crippen LogP contribution in [0.5, 0.6) is 0 Å². The topological polar surface area (TPSA) is 70.7 Å². The molecule has 2 aromatic carbocycles. The van der Waals surface area contributed by atoms with Crippen LogP contribution in [0.4, 0.5) is 18.9 Å². The van der Waals surface area contributed by atoms with E-state index in [0.29, 0.717) is 4.68 Å². The third-order valence-corrected chi connectivity index (χ3v) is 3.53. The van der Waals surface area contributed by atoms with E-state index in [1.165, 1.54) is 36.4 Å². The molecule has 0 fully saturated rings. The van der Waals surface area contributed by atoms with Crippen LogP contribution in [-0.2, 0) is 6.18 Å². The third-order valence-electron chi connectivity index (χ3n) is 3.53. The molecule has 3 aromatic rings. The van der Waals surface area contributed by atoms with Crippen LogP contribution in [-0.4, -0.2) is 15.7 Å². The standard InChI is InChI=1S/C18H11F3N4O/c19-18(20,21)16-15(11-23-25(16)14-7-2-1-3-8-14)17(26)24-13-6-4-5-12(9-13)10-22/h1-9,11H,(H,24,26). The maximum atomic E-state index is 13.6. The summed E-state index contributed by atoms with van der Waals surface area (Å²) in [5, 5.41) is 15.0. The van der Waals surface area contributed by atoms with Gasteiger partial charge in [-0.15, -0.1) is 0 Å². The molecule has 3 rings (SSSR count). The number of halogens is 3. The Balaban J connectivity index is 2.01. The molecular weight excluding hydrogens is 345 g/mol. The van der Waals surface area contributed by atoms with Crippen molar-refractivity contribution in [2.45, 2.75) is 6.18 Å². The Labute approximate surface area is 146 Å². The highest BCUT2D eigenvalue weighted by molar-refractivity contribution is 6.05. The first kappa shape index (κ1) is 17.2. The van der Waals surface area contributed by atoms with Crippen LogP contribution in [0.3, 0.4) is 0 Å². The van der Waals surface area contributed by atoms with E-state index < -0.39 is 23.3 Å². The number of benzene rings is 2. The van der Waals surface area contributed by atoms with E-state index in [4.69, 9.17) is 5.26 Å². The second-order valence-electron chi connectivity index (χ2n) is 5.30. The highest BCUT2D eigenvalue weighted by Gasteiger charge is 2.40. The summed E-state index contributed by atoms with van der Waals surface area (Å²) in [6.45, 7) is 0. The molecule has 0 radical (unpaired) electrons. The van der Waals surface area contributed by atoms with E-state index in [1.807, 2.05) is 6.07 Å². The van der Waals surface area contributed by atoms with E-state index in [1.54, 1.807) is 18.2 Å². The summed E-state index contributed by atoms with van der Waals surface area (Å²) in [4.78, 5) is 12.4. The molecule has 0 aliphatic heterocycles. The first-order chi connectivity index (χ1) is 12.4. The highest BCUT2D eigenvalue weighted by Crippen LogP contribution is 2.34. The Kier molecular flexibility index (Phi) is 4.45. The summed E-state index contributed by atoms with van der Waals surface area (Å²) in [5.41, 5.74) is -1.10. The number of amides is 1. The quantitative estimate of drug-likeness (QED) is 0.771. The van der Waals surface area contributed by atoms with Crippen LogP contribution in [0.2, 0.25) is 0 Å². The number of carbonyl (C=O) groups excluding carboxylic acids is 1. The second-order valence-corrected chi connectivity index (χ2v) is 5.30. The lowest BCUT2D eigenvalue weighted by Gasteiger charge is -2.13. The number of anilines is 1. The monoisotopic (exact) mass is 356 g/mol. The molecule has 0 saturated carbocycles. The fourth-order valence-corrected chi connectivity index (χ4v) is 2.42. The molecule has 0 aliphatic carbocycles. The molecule has 0 bridgehead atoms. The number of rotatable bonds is 3. The number of hydrogen-bond donors (Lipinski definition) is 1. The lowest BCUT2D eigenvalue weighted by atomic mass is 10.2. The van der Waals surface area contributed by atoms with Gasteiger partial charge in [-0.25, -0.2) is 4.68 Å². The minimum atomic E-state index is -4.78. The zero-order valence-corrected chi connectivity index (χ0v) is 13.2. The maximum Gasteiger partial charge on any atom is 0.434 e. The summed E-state index contributed by atoms with van der Waals surface area (Å²) in [5.74, 6) is -0.963. The van der Waals surface area contributed by atoms with Gasteiger partial charge in [0, 0.05) is 5.69 Å². The molecule has 1 amide bonds. The zero-order valence-electron chi connectivity index (χ0n) is 13.2. The zero-order chi connectivity index (χ0) is 18.7. The van der Waals surface area contributed by atoms with Crippen molar-refractivity contribution in [3.63, 3.8) is 0 Å². The van der Waals surface area contributed by atoms with Gasteiger partial charge in [-0.1, -0.05) is 24.3 Å². The van der Waals surface area contributed by atoms with Crippen LogP contribution < -0.4 is 5.32 Å². The van der Waals surface area contributed by atoms with Crippen molar-refractivity contribution in [1.82, 2.24) is 9.78 Å². The average Bonchev–Trinajstić information content (AvgIpc) is 3.08. The van der Waals surface area contributed by atoms with E-state index in [2.05, 4.69) is 10.4 Å². The number of nitrogens with one attached hydrogen (secondary N) is 1. The first-order valence-corrected chi connectivity index (χ1v) is 7.42. The molecule has 0 aliphatic rings. The smallest absolute Gasteiger partial charge is 0.322 e. The van der Waals surface area contributed by atoms with Crippen LogP contribution in [0, 0.1) is 11.3 Å². The van der Waals surface area contributed by atoms with Gasteiger partial charge in [0.05, 0.1) is 29.1 Å². The highest BCUT2D eigenvalue weighted by atomic mass is 19.4. The van der Waals surface area contributed by atoms with Gasteiger partial charge >= 0.3 is 6.18 Å². The lowest BCUT2D eigenvalue weighted by molar-refractivity contribution is -0.143. The van der Waals surface area contributed by atoms with E-state index >= 15 is 0 Å². The molecule has 1 heterocycles. The van der Waals surface area contributed by atoms with Gasteiger partial charge in [0.1, 0.15) is 0 Å².